The first kappa shape index (κ1) is 25.4. The van der Waals surface area contributed by atoms with Gasteiger partial charge in [-0.1, -0.05) is 13.8 Å². The number of aromatic amines is 1. The summed E-state index contributed by atoms with van der Waals surface area (Å²) in [5.74, 6) is 0.692. The number of hydrogen-bond donors (Lipinski definition) is 1. The average molecular weight is 482 g/mol. The van der Waals surface area contributed by atoms with Gasteiger partial charge in [-0.3, -0.25) is 19.2 Å². The van der Waals surface area contributed by atoms with Crippen molar-refractivity contribution in [1.82, 2.24) is 24.6 Å². The number of aryl methyl sites for hydroxylation is 1. The number of aromatic nitrogens is 3. The van der Waals surface area contributed by atoms with Crippen LogP contribution in [-0.2, 0) is 11.3 Å². The number of nitrogens with zero attached hydrogens (tertiary/aromatic N) is 4. The normalized spacial score (nSPS) is 17.0. The number of piperazine rings is 1. The fourth-order valence-electron chi connectivity index (χ4n) is 5.25. The summed E-state index contributed by atoms with van der Waals surface area (Å²) in [6, 6.07) is 3.91. The molecule has 1 aliphatic heterocycles. The number of hydrogen-bond acceptors (Lipinski definition) is 5. The van der Waals surface area contributed by atoms with E-state index in [1.807, 2.05) is 28.6 Å². The van der Waals surface area contributed by atoms with Crippen LogP contribution in [0, 0.1) is 12.8 Å². The van der Waals surface area contributed by atoms with Gasteiger partial charge in [-0.05, 0) is 62.8 Å². The smallest absolute Gasteiger partial charge is 0.259 e. The largest absolute Gasteiger partial charge is 0.385 e. The van der Waals surface area contributed by atoms with Crippen molar-refractivity contribution in [2.24, 2.45) is 5.92 Å². The number of unbranched alkanes of at least 4 members (excludes halogenated alkanes) is 1. The highest BCUT2D eigenvalue weighted by atomic mass is 16.5. The van der Waals surface area contributed by atoms with Gasteiger partial charge in [0, 0.05) is 57.4 Å². The average Bonchev–Trinajstić information content (AvgIpc) is 3.24. The lowest BCUT2D eigenvalue weighted by molar-refractivity contribution is 0.0632. The number of amides is 1. The second kappa shape index (κ2) is 10.9. The SMILES string of the molecule is C.COCCCCN1CCN(C(=O)c2cc3c(cc2C)[nH]c(=O)c2cnn(CC4CCC4)c23)CC1. The zero-order valence-corrected chi connectivity index (χ0v) is 20.3. The van der Waals surface area contributed by atoms with Gasteiger partial charge < -0.3 is 14.6 Å². The van der Waals surface area contributed by atoms with Gasteiger partial charge in [-0.2, -0.15) is 5.10 Å². The van der Waals surface area contributed by atoms with Crippen molar-refractivity contribution in [2.75, 3.05) is 46.4 Å². The number of carbonyl (C=O) groups is 1. The molecule has 0 spiro atoms. The summed E-state index contributed by atoms with van der Waals surface area (Å²) < 4.78 is 7.11. The number of rotatable bonds is 8. The van der Waals surface area contributed by atoms with E-state index >= 15 is 0 Å². The van der Waals surface area contributed by atoms with E-state index in [1.54, 1.807) is 13.3 Å². The van der Waals surface area contributed by atoms with Gasteiger partial charge in [0.25, 0.3) is 11.5 Å². The molecule has 1 saturated heterocycles. The Morgan fingerprint density at radius 3 is 2.60 bits per heavy atom. The first-order valence-corrected chi connectivity index (χ1v) is 12.6. The van der Waals surface area contributed by atoms with Crippen molar-refractivity contribution in [1.29, 1.82) is 0 Å². The predicted octanol–water partition coefficient (Wildman–Crippen LogP) is 3.81. The maximum atomic E-state index is 13.5. The Hall–Kier alpha value is -2.71. The molecule has 0 bridgehead atoms. The van der Waals surface area contributed by atoms with Crippen LogP contribution in [0.4, 0.5) is 0 Å². The first-order chi connectivity index (χ1) is 16.5. The Morgan fingerprint density at radius 2 is 1.91 bits per heavy atom. The number of methoxy groups -OCH3 is 1. The van der Waals surface area contributed by atoms with Crippen LogP contribution in [0.5, 0.6) is 0 Å². The number of H-pyrrole nitrogens is 1. The minimum absolute atomic E-state index is 0. The zero-order valence-electron chi connectivity index (χ0n) is 20.3. The fraction of sp³-hybridized carbons (Fsp3) is 0.593. The number of nitrogens with one attached hydrogen (secondary N) is 1. The molecule has 1 aromatic carbocycles. The van der Waals surface area contributed by atoms with Gasteiger partial charge >= 0.3 is 0 Å². The topological polar surface area (TPSA) is 83.5 Å². The molecule has 0 radical (unpaired) electrons. The lowest BCUT2D eigenvalue weighted by atomic mass is 9.85. The third kappa shape index (κ3) is 5.14. The number of pyridine rings is 1. The molecule has 8 nitrogen and oxygen atoms in total. The van der Waals surface area contributed by atoms with E-state index in [4.69, 9.17) is 4.74 Å². The van der Waals surface area contributed by atoms with Gasteiger partial charge in [0.1, 0.15) is 0 Å². The van der Waals surface area contributed by atoms with E-state index in [2.05, 4.69) is 15.0 Å². The Kier molecular flexibility index (Phi) is 7.91. The minimum Gasteiger partial charge on any atom is -0.385 e. The van der Waals surface area contributed by atoms with Crippen LogP contribution in [0.15, 0.2) is 23.1 Å². The van der Waals surface area contributed by atoms with Gasteiger partial charge in [0.05, 0.1) is 22.6 Å². The quantitative estimate of drug-likeness (QED) is 0.495. The van der Waals surface area contributed by atoms with Gasteiger partial charge in [-0.15, -0.1) is 0 Å². The highest BCUT2D eigenvalue weighted by molar-refractivity contribution is 6.07. The van der Waals surface area contributed by atoms with Crippen LogP contribution < -0.4 is 5.56 Å². The Labute approximate surface area is 207 Å². The zero-order chi connectivity index (χ0) is 23.7. The van der Waals surface area contributed by atoms with Crippen LogP contribution >= 0.6 is 0 Å². The summed E-state index contributed by atoms with van der Waals surface area (Å²) in [5, 5.41) is 6.04. The molecule has 1 aliphatic carbocycles. The molecule has 2 aromatic heterocycles. The maximum absolute atomic E-state index is 13.5. The molecule has 0 unspecified atom stereocenters. The second-order valence-electron chi connectivity index (χ2n) is 9.89. The Morgan fingerprint density at radius 1 is 1.14 bits per heavy atom. The molecule has 3 heterocycles. The lowest BCUT2D eigenvalue weighted by Gasteiger charge is -2.35. The molecule has 1 saturated carbocycles. The van der Waals surface area contributed by atoms with E-state index in [-0.39, 0.29) is 18.9 Å². The number of ether oxygens (including phenoxy) is 1. The summed E-state index contributed by atoms with van der Waals surface area (Å²) in [6.45, 7) is 7.91. The molecule has 8 heteroatoms. The second-order valence-corrected chi connectivity index (χ2v) is 9.89. The van der Waals surface area contributed by atoms with E-state index < -0.39 is 0 Å². The van der Waals surface area contributed by atoms with Crippen molar-refractivity contribution < 1.29 is 9.53 Å². The molecule has 1 N–H and O–H groups in total. The Balaban J connectivity index is 0.00000289. The molecule has 35 heavy (non-hydrogen) atoms. The van der Waals surface area contributed by atoms with Crippen LogP contribution in [0.3, 0.4) is 0 Å². The van der Waals surface area contributed by atoms with Crippen LogP contribution in [0.25, 0.3) is 21.8 Å². The van der Waals surface area contributed by atoms with Crippen molar-refractivity contribution in [2.45, 2.75) is 53.0 Å². The Bertz CT molecular complexity index is 1240. The summed E-state index contributed by atoms with van der Waals surface area (Å²) in [7, 11) is 1.74. The number of fused-ring (bicyclic) bond motifs is 3. The lowest BCUT2D eigenvalue weighted by Crippen LogP contribution is -2.49. The van der Waals surface area contributed by atoms with E-state index in [9.17, 15) is 9.59 Å². The summed E-state index contributed by atoms with van der Waals surface area (Å²) in [4.78, 5) is 33.6. The molecule has 1 amide bonds. The van der Waals surface area contributed by atoms with E-state index in [0.29, 0.717) is 16.9 Å². The van der Waals surface area contributed by atoms with E-state index in [1.165, 1.54) is 19.3 Å². The standard InChI is InChI=1S/C26H35N5O3.CH4/c1-18-14-23-21(24-22(25(32)28-23)16-27-31(24)17-19-6-5-7-19)15-20(18)26(33)30-11-9-29(10-12-30)8-3-4-13-34-2;/h14-16,19H,3-13,17H2,1-2H3,(H,28,32);1H4. The highest BCUT2D eigenvalue weighted by Gasteiger charge is 2.25. The first-order valence-electron chi connectivity index (χ1n) is 12.6. The van der Waals surface area contributed by atoms with Crippen molar-refractivity contribution in [3.63, 3.8) is 0 Å². The minimum atomic E-state index is -0.123. The maximum Gasteiger partial charge on any atom is 0.259 e. The third-order valence-corrected chi connectivity index (χ3v) is 7.57. The molecule has 2 fully saturated rings. The van der Waals surface area contributed by atoms with Gasteiger partial charge in [-0.25, -0.2) is 0 Å². The summed E-state index contributed by atoms with van der Waals surface area (Å²) in [6.07, 6.45) is 7.55. The summed E-state index contributed by atoms with van der Waals surface area (Å²) >= 11 is 0. The van der Waals surface area contributed by atoms with Crippen molar-refractivity contribution in [3.05, 3.63) is 39.8 Å². The molecule has 2 aliphatic rings. The molecule has 0 atom stereocenters. The molecular weight excluding hydrogens is 442 g/mol. The number of benzene rings is 1. The molecule has 190 valence electrons. The number of carbonyl (C=O) groups excluding carboxylic acids is 1. The molecule has 3 aromatic rings. The monoisotopic (exact) mass is 481 g/mol. The van der Waals surface area contributed by atoms with Gasteiger partial charge in [0.15, 0.2) is 0 Å². The third-order valence-electron chi connectivity index (χ3n) is 7.57. The van der Waals surface area contributed by atoms with E-state index in [0.717, 1.165) is 80.7 Å². The van der Waals surface area contributed by atoms with Crippen LogP contribution in [0.1, 0.15) is 55.5 Å². The molecular formula is C27H39N5O3. The van der Waals surface area contributed by atoms with Gasteiger partial charge in [0.2, 0.25) is 0 Å². The fourth-order valence-corrected chi connectivity index (χ4v) is 5.25. The van der Waals surface area contributed by atoms with Crippen LogP contribution in [-0.4, -0.2) is 76.9 Å². The highest BCUT2D eigenvalue weighted by Crippen LogP contribution is 2.31. The van der Waals surface area contributed by atoms with Crippen LogP contribution in [0.2, 0.25) is 0 Å². The summed E-state index contributed by atoms with van der Waals surface area (Å²) in [5.41, 5.74) is 3.09. The molecule has 5 rings (SSSR count). The van der Waals surface area contributed by atoms with Crippen molar-refractivity contribution in [3.8, 4) is 0 Å². The predicted molar refractivity (Wildman–Crippen MR) is 140 cm³/mol. The van der Waals surface area contributed by atoms with Crippen molar-refractivity contribution >= 4 is 27.7 Å².